The molecule has 0 aromatic heterocycles. The summed E-state index contributed by atoms with van der Waals surface area (Å²) < 4.78 is 0. The molecular weight excluding hydrogens is 604 g/mol. The minimum Gasteiger partial charge on any atom is -0.481 e. The molecule has 2 aliphatic rings. The van der Waals surface area contributed by atoms with E-state index in [0.717, 1.165) is 18.1 Å². The number of hydrogen-bond acceptors (Lipinski definition) is 8. The number of aliphatic carboxylic acids is 2. The average molecular weight is 639 g/mol. The summed E-state index contributed by atoms with van der Waals surface area (Å²) in [5.41, 5.74) is 2.96. The van der Waals surface area contributed by atoms with Gasteiger partial charge in [-0.1, -0.05) is 48.5 Å². The fraction of sp³-hybridized carbons (Fsp3) is 0.387. The number of Topliss-reactive ketones (excluding diaryl/α,β-unsaturated/α-hetero) is 1. The van der Waals surface area contributed by atoms with Crippen molar-refractivity contribution in [1.29, 1.82) is 0 Å². The Bertz CT molecular complexity index is 1480. The number of nitrogens with one attached hydrogen (secondary N) is 3. The first-order chi connectivity index (χ1) is 21.4. The summed E-state index contributed by atoms with van der Waals surface area (Å²) in [5, 5.41) is 26.1. The van der Waals surface area contributed by atoms with Crippen LogP contribution in [0.4, 0.5) is 5.69 Å². The number of aryl methyl sites for hydroxylation is 1. The number of nitrogens with zero attached hydrogens (tertiary/aromatic N) is 1. The normalized spacial score (nSPS) is 18.2. The second-order valence-electron chi connectivity index (χ2n) is 10.9. The number of rotatable bonds is 14. The molecule has 13 nitrogen and oxygen atoms in total. The Morgan fingerprint density at radius 2 is 1.58 bits per heavy atom. The van der Waals surface area contributed by atoms with Crippen LogP contribution in [-0.4, -0.2) is 81.5 Å². The summed E-state index contributed by atoms with van der Waals surface area (Å²) in [5.74, 6) is -5.42. The lowest BCUT2D eigenvalue weighted by Crippen LogP contribution is -2.58. The molecule has 4 amide bonds. The minimum absolute atomic E-state index is 0.0370. The van der Waals surface area contributed by atoms with Gasteiger partial charge < -0.3 is 26.2 Å². The molecular formula is C31H34N4O9S. The molecule has 0 saturated heterocycles. The van der Waals surface area contributed by atoms with E-state index in [1.54, 1.807) is 18.2 Å². The van der Waals surface area contributed by atoms with Crippen molar-refractivity contribution in [2.75, 3.05) is 10.7 Å². The molecule has 0 bridgehead atoms. The van der Waals surface area contributed by atoms with Crippen molar-refractivity contribution in [2.45, 2.75) is 68.9 Å². The number of carboxylic acid groups (broad SMARTS) is 2. The zero-order valence-corrected chi connectivity index (χ0v) is 25.3. The molecule has 2 aromatic rings. The van der Waals surface area contributed by atoms with E-state index in [0.29, 0.717) is 23.4 Å². The summed E-state index contributed by atoms with van der Waals surface area (Å²) in [4.78, 5) is 89.5. The molecule has 0 aliphatic carbocycles. The van der Waals surface area contributed by atoms with Crippen LogP contribution in [0.3, 0.4) is 0 Å². The van der Waals surface area contributed by atoms with Crippen LogP contribution in [0.2, 0.25) is 0 Å². The van der Waals surface area contributed by atoms with Gasteiger partial charge in [-0.05, 0) is 29.5 Å². The molecule has 4 rings (SSSR count). The summed E-state index contributed by atoms with van der Waals surface area (Å²) in [6.45, 7) is 1.13. The molecule has 0 fully saturated rings. The Labute approximate surface area is 263 Å². The molecule has 2 heterocycles. The number of benzene rings is 2. The summed E-state index contributed by atoms with van der Waals surface area (Å²) >= 11 is 1.29. The number of carbonyl (C=O) groups is 7. The predicted octanol–water partition coefficient (Wildman–Crippen LogP) is 0.817. The van der Waals surface area contributed by atoms with Crippen molar-refractivity contribution in [3.63, 3.8) is 0 Å². The van der Waals surface area contributed by atoms with Gasteiger partial charge in [0, 0.05) is 19.1 Å². The molecule has 2 aliphatic heterocycles. The molecule has 14 heteroatoms. The third-order valence-corrected chi connectivity index (χ3v) is 8.56. The monoisotopic (exact) mass is 638 g/mol. The maximum atomic E-state index is 13.9. The maximum absolute atomic E-state index is 13.9. The Morgan fingerprint density at radius 1 is 0.911 bits per heavy atom. The van der Waals surface area contributed by atoms with Gasteiger partial charge in [0.25, 0.3) is 0 Å². The van der Waals surface area contributed by atoms with E-state index in [2.05, 4.69) is 16.0 Å². The van der Waals surface area contributed by atoms with Gasteiger partial charge in [-0.2, -0.15) is 0 Å². The Balaban J connectivity index is 1.52. The molecule has 0 saturated carbocycles. The Kier molecular flexibility index (Phi) is 10.9. The lowest BCUT2D eigenvalue weighted by atomic mass is 10.0. The molecule has 2 aromatic carbocycles. The zero-order valence-electron chi connectivity index (χ0n) is 24.5. The first-order valence-electron chi connectivity index (χ1n) is 14.3. The number of para-hydroxylation sites is 1. The summed E-state index contributed by atoms with van der Waals surface area (Å²) in [7, 11) is 0. The highest BCUT2D eigenvalue weighted by Gasteiger charge is 2.45. The van der Waals surface area contributed by atoms with Crippen molar-refractivity contribution >= 4 is 58.8 Å². The van der Waals surface area contributed by atoms with E-state index in [4.69, 9.17) is 0 Å². The van der Waals surface area contributed by atoms with Crippen molar-refractivity contribution in [1.82, 2.24) is 16.0 Å². The number of carbonyl (C=O) groups excluding carboxylic acids is 5. The van der Waals surface area contributed by atoms with E-state index in [-0.39, 0.29) is 18.6 Å². The molecule has 4 atom stereocenters. The highest BCUT2D eigenvalue weighted by atomic mass is 32.2. The number of carboxylic acids is 2. The SMILES string of the molecule is CC(=O)N[C@@H](CC(=O)O)C(=O)NC1CCc2cccc3c2N(C1=O)[C@H](C(=O)N[C@@H](CC(=O)O)C(=O)CSCc1ccccc1)C3. The van der Waals surface area contributed by atoms with Crippen LogP contribution in [0.1, 0.15) is 42.9 Å². The lowest BCUT2D eigenvalue weighted by molar-refractivity contribution is -0.141. The van der Waals surface area contributed by atoms with Gasteiger partial charge in [-0.25, -0.2) is 0 Å². The van der Waals surface area contributed by atoms with Crippen LogP contribution >= 0.6 is 11.8 Å². The maximum Gasteiger partial charge on any atom is 0.305 e. The minimum atomic E-state index is -1.42. The van der Waals surface area contributed by atoms with Crippen molar-refractivity contribution in [2.24, 2.45) is 0 Å². The predicted molar refractivity (Wildman–Crippen MR) is 163 cm³/mol. The second kappa shape index (κ2) is 14.8. The van der Waals surface area contributed by atoms with Crippen LogP contribution in [-0.2, 0) is 52.2 Å². The van der Waals surface area contributed by atoms with Gasteiger partial charge in [0.2, 0.25) is 23.6 Å². The Morgan fingerprint density at radius 3 is 2.24 bits per heavy atom. The topological polar surface area (TPSA) is 199 Å². The standard InChI is InChI=1S/C31H34N4O9S/c1-17(36)32-23(14-27(40)41)29(42)33-21-11-10-19-8-5-9-20-12-24(35(28(19)20)31(21)44)30(43)34-22(13-26(38)39)25(37)16-45-15-18-6-3-2-4-7-18/h2-9,21-24H,10-16H2,1H3,(H,32,36)(H,33,42)(H,34,43)(H,38,39)(H,40,41)/t21?,22-,23-,24-/m0/s1. The van der Waals surface area contributed by atoms with Gasteiger partial charge in [-0.3, -0.25) is 38.5 Å². The van der Waals surface area contributed by atoms with Gasteiger partial charge in [0.15, 0.2) is 5.78 Å². The molecule has 5 N–H and O–H groups in total. The third kappa shape index (κ3) is 8.47. The highest BCUT2D eigenvalue weighted by Crippen LogP contribution is 2.39. The first-order valence-corrected chi connectivity index (χ1v) is 15.5. The highest BCUT2D eigenvalue weighted by molar-refractivity contribution is 7.99. The van der Waals surface area contributed by atoms with Gasteiger partial charge >= 0.3 is 11.9 Å². The van der Waals surface area contributed by atoms with E-state index in [1.165, 1.54) is 16.7 Å². The molecule has 238 valence electrons. The largest absolute Gasteiger partial charge is 0.481 e. The second-order valence-corrected chi connectivity index (χ2v) is 11.9. The van der Waals surface area contributed by atoms with Crippen LogP contribution in [0, 0.1) is 0 Å². The van der Waals surface area contributed by atoms with Gasteiger partial charge in [-0.15, -0.1) is 11.8 Å². The molecule has 45 heavy (non-hydrogen) atoms. The number of amides is 4. The summed E-state index contributed by atoms with van der Waals surface area (Å²) in [6.07, 6.45) is -0.737. The van der Waals surface area contributed by atoms with Gasteiger partial charge in [0.05, 0.1) is 30.3 Å². The van der Waals surface area contributed by atoms with E-state index >= 15 is 0 Å². The molecule has 0 spiro atoms. The van der Waals surface area contributed by atoms with Crippen molar-refractivity contribution in [3.8, 4) is 0 Å². The first kappa shape index (κ1) is 33.2. The van der Waals surface area contributed by atoms with Crippen LogP contribution < -0.4 is 20.9 Å². The van der Waals surface area contributed by atoms with E-state index in [9.17, 15) is 43.8 Å². The number of hydrogen-bond donors (Lipinski definition) is 5. The fourth-order valence-electron chi connectivity index (χ4n) is 5.51. The van der Waals surface area contributed by atoms with Crippen LogP contribution in [0.15, 0.2) is 48.5 Å². The third-order valence-electron chi connectivity index (χ3n) is 7.54. The zero-order chi connectivity index (χ0) is 32.7. The fourth-order valence-corrected chi connectivity index (χ4v) is 6.44. The Hall–Kier alpha value is -4.72. The average Bonchev–Trinajstić information content (AvgIpc) is 3.32. The molecule has 0 radical (unpaired) electrons. The van der Waals surface area contributed by atoms with Crippen LogP contribution in [0.25, 0.3) is 0 Å². The quantitative estimate of drug-likeness (QED) is 0.197. The molecule has 1 unspecified atom stereocenters. The number of thioether (sulfide) groups is 1. The lowest BCUT2D eigenvalue weighted by Gasteiger charge is -2.29. The number of ketones is 1. The van der Waals surface area contributed by atoms with Crippen LogP contribution in [0.5, 0.6) is 0 Å². The number of anilines is 1. The summed E-state index contributed by atoms with van der Waals surface area (Å²) in [6, 6.07) is 9.75. The van der Waals surface area contributed by atoms with E-state index < -0.39 is 78.4 Å². The smallest absolute Gasteiger partial charge is 0.305 e. The van der Waals surface area contributed by atoms with E-state index in [1.807, 2.05) is 30.3 Å². The van der Waals surface area contributed by atoms with Gasteiger partial charge in [0.1, 0.15) is 18.1 Å². The van der Waals surface area contributed by atoms with Crippen molar-refractivity contribution in [3.05, 3.63) is 65.2 Å². The van der Waals surface area contributed by atoms with Crippen molar-refractivity contribution < 1.29 is 43.8 Å².